The number of hydrogen-bond donors (Lipinski definition) is 1. The lowest BCUT2D eigenvalue weighted by atomic mass is 9.85. The minimum Gasteiger partial charge on any atom is -0.369 e. The third-order valence-corrected chi connectivity index (χ3v) is 2.74. The van der Waals surface area contributed by atoms with Crippen LogP contribution in [0.3, 0.4) is 0 Å². The smallest absolute Gasteiger partial charge is 0.369 e. The van der Waals surface area contributed by atoms with Gasteiger partial charge in [-0.3, -0.25) is 0 Å². The second-order valence-electron chi connectivity index (χ2n) is 3.96. The van der Waals surface area contributed by atoms with Crippen molar-refractivity contribution in [2.75, 3.05) is 11.9 Å². The summed E-state index contributed by atoms with van der Waals surface area (Å²) in [5.41, 5.74) is -0.957. The van der Waals surface area contributed by atoms with Gasteiger partial charge in [-0.2, -0.15) is 13.2 Å². The van der Waals surface area contributed by atoms with E-state index in [9.17, 15) is 13.2 Å². The van der Waals surface area contributed by atoms with Crippen molar-refractivity contribution in [2.24, 2.45) is 5.92 Å². The first-order valence-electron chi connectivity index (χ1n) is 5.19. The largest absolute Gasteiger partial charge is 0.434 e. The molecule has 1 aromatic rings. The predicted octanol–water partition coefficient (Wildman–Crippen LogP) is 2.71. The Balaban J connectivity index is 1.91. The third kappa shape index (κ3) is 2.62. The standard InChI is InChI=1S/C10H12F3N3/c11-10(12,13)8-5-16-9(6-14-8)15-4-7-2-1-3-7/h5-7H,1-4H2,(H,15,16). The number of anilines is 1. The van der Waals surface area contributed by atoms with Crippen LogP contribution >= 0.6 is 0 Å². The molecule has 0 amide bonds. The molecule has 0 spiro atoms. The number of rotatable bonds is 3. The van der Waals surface area contributed by atoms with Crippen molar-refractivity contribution in [3.8, 4) is 0 Å². The fraction of sp³-hybridized carbons (Fsp3) is 0.600. The summed E-state index contributed by atoms with van der Waals surface area (Å²) in [6, 6.07) is 0. The normalized spacial score (nSPS) is 16.9. The van der Waals surface area contributed by atoms with Crippen LogP contribution < -0.4 is 5.32 Å². The van der Waals surface area contributed by atoms with E-state index in [-0.39, 0.29) is 0 Å². The summed E-state index contributed by atoms with van der Waals surface area (Å²) in [5.74, 6) is 1.03. The SMILES string of the molecule is FC(F)(F)c1cnc(NCC2CCC2)cn1. The highest BCUT2D eigenvalue weighted by Gasteiger charge is 2.32. The average molecular weight is 231 g/mol. The minimum absolute atomic E-state index is 0.403. The molecule has 1 aromatic heterocycles. The Morgan fingerprint density at radius 2 is 2.00 bits per heavy atom. The molecule has 88 valence electrons. The molecule has 0 unspecified atom stereocenters. The molecule has 0 saturated heterocycles. The Labute approximate surface area is 91.1 Å². The van der Waals surface area contributed by atoms with E-state index in [0.717, 1.165) is 18.9 Å². The van der Waals surface area contributed by atoms with Gasteiger partial charge in [0.25, 0.3) is 0 Å². The van der Waals surface area contributed by atoms with Crippen LogP contribution in [0.15, 0.2) is 12.4 Å². The highest BCUT2D eigenvalue weighted by atomic mass is 19.4. The maximum atomic E-state index is 12.2. The van der Waals surface area contributed by atoms with Crippen LogP contribution in [0.1, 0.15) is 25.0 Å². The van der Waals surface area contributed by atoms with Crippen LogP contribution in [0.25, 0.3) is 0 Å². The summed E-state index contributed by atoms with van der Waals surface area (Å²) in [5, 5.41) is 2.98. The summed E-state index contributed by atoms with van der Waals surface area (Å²) in [6.45, 7) is 0.764. The van der Waals surface area contributed by atoms with E-state index in [1.165, 1.54) is 19.3 Å². The van der Waals surface area contributed by atoms with Crippen LogP contribution in [0, 0.1) is 5.92 Å². The molecule has 0 aliphatic heterocycles. The number of nitrogens with zero attached hydrogens (tertiary/aromatic N) is 2. The lowest BCUT2D eigenvalue weighted by molar-refractivity contribution is -0.141. The van der Waals surface area contributed by atoms with E-state index in [1.807, 2.05) is 0 Å². The molecule has 1 N–H and O–H groups in total. The average Bonchev–Trinajstić information content (AvgIpc) is 2.15. The van der Waals surface area contributed by atoms with Crippen molar-refractivity contribution >= 4 is 5.82 Å². The molecule has 1 heterocycles. The lowest BCUT2D eigenvalue weighted by Crippen LogP contribution is -2.21. The second-order valence-corrected chi connectivity index (χ2v) is 3.96. The van der Waals surface area contributed by atoms with Gasteiger partial charge in [-0.05, 0) is 18.8 Å². The molecule has 1 aliphatic carbocycles. The maximum absolute atomic E-state index is 12.2. The predicted molar refractivity (Wildman–Crippen MR) is 52.9 cm³/mol. The van der Waals surface area contributed by atoms with Crippen LogP contribution in [0.5, 0.6) is 0 Å². The zero-order valence-corrected chi connectivity index (χ0v) is 8.59. The number of halogens is 3. The maximum Gasteiger partial charge on any atom is 0.434 e. The summed E-state index contributed by atoms with van der Waals surface area (Å²) in [6.07, 6.45) is 1.07. The first kappa shape index (κ1) is 11.2. The van der Waals surface area contributed by atoms with Crippen LogP contribution in [0.2, 0.25) is 0 Å². The Morgan fingerprint density at radius 3 is 2.44 bits per heavy atom. The quantitative estimate of drug-likeness (QED) is 0.869. The molecular formula is C10H12F3N3. The first-order valence-corrected chi connectivity index (χ1v) is 5.19. The minimum atomic E-state index is -4.42. The van der Waals surface area contributed by atoms with Gasteiger partial charge in [0.05, 0.1) is 12.4 Å². The van der Waals surface area contributed by atoms with Gasteiger partial charge in [-0.1, -0.05) is 6.42 Å². The van der Waals surface area contributed by atoms with Crippen LogP contribution in [0.4, 0.5) is 19.0 Å². The Bertz CT molecular complexity index is 343. The molecule has 0 atom stereocenters. The van der Waals surface area contributed by atoms with Crippen molar-refractivity contribution < 1.29 is 13.2 Å². The molecule has 6 heteroatoms. The molecular weight excluding hydrogens is 219 g/mol. The Hall–Kier alpha value is -1.33. The lowest BCUT2D eigenvalue weighted by Gasteiger charge is -2.25. The second kappa shape index (κ2) is 4.27. The van der Waals surface area contributed by atoms with E-state index in [2.05, 4.69) is 15.3 Å². The van der Waals surface area contributed by atoms with Crippen LogP contribution in [-0.2, 0) is 6.18 Å². The monoisotopic (exact) mass is 231 g/mol. The van der Waals surface area contributed by atoms with E-state index >= 15 is 0 Å². The van der Waals surface area contributed by atoms with Gasteiger partial charge in [0.1, 0.15) is 5.82 Å². The number of alkyl halides is 3. The molecule has 16 heavy (non-hydrogen) atoms. The topological polar surface area (TPSA) is 37.8 Å². The van der Waals surface area contributed by atoms with Gasteiger partial charge in [0.15, 0.2) is 5.69 Å². The van der Waals surface area contributed by atoms with Crippen molar-refractivity contribution in [3.05, 3.63) is 18.1 Å². The van der Waals surface area contributed by atoms with E-state index in [0.29, 0.717) is 11.7 Å². The van der Waals surface area contributed by atoms with Crippen molar-refractivity contribution in [2.45, 2.75) is 25.4 Å². The van der Waals surface area contributed by atoms with Gasteiger partial charge in [-0.25, -0.2) is 9.97 Å². The van der Waals surface area contributed by atoms with E-state index in [1.54, 1.807) is 0 Å². The highest BCUT2D eigenvalue weighted by Crippen LogP contribution is 2.28. The molecule has 1 fully saturated rings. The molecule has 1 aliphatic rings. The van der Waals surface area contributed by atoms with Crippen LogP contribution in [-0.4, -0.2) is 16.5 Å². The fourth-order valence-corrected chi connectivity index (χ4v) is 1.51. The van der Waals surface area contributed by atoms with Gasteiger partial charge < -0.3 is 5.32 Å². The zero-order chi connectivity index (χ0) is 11.6. The molecule has 0 bridgehead atoms. The van der Waals surface area contributed by atoms with Gasteiger partial charge >= 0.3 is 6.18 Å². The fourth-order valence-electron chi connectivity index (χ4n) is 1.51. The molecule has 0 radical (unpaired) electrons. The molecule has 0 aromatic carbocycles. The Kier molecular flexibility index (Phi) is 2.98. The van der Waals surface area contributed by atoms with Crippen molar-refractivity contribution in [1.29, 1.82) is 0 Å². The number of hydrogen-bond acceptors (Lipinski definition) is 3. The molecule has 1 saturated carbocycles. The van der Waals surface area contributed by atoms with Gasteiger partial charge in [0.2, 0.25) is 0 Å². The summed E-state index contributed by atoms with van der Waals surface area (Å²) in [7, 11) is 0. The van der Waals surface area contributed by atoms with Gasteiger partial charge in [-0.15, -0.1) is 0 Å². The number of aromatic nitrogens is 2. The van der Waals surface area contributed by atoms with Crippen molar-refractivity contribution in [3.63, 3.8) is 0 Å². The van der Waals surface area contributed by atoms with Crippen molar-refractivity contribution in [1.82, 2.24) is 9.97 Å². The molecule has 2 rings (SSSR count). The third-order valence-electron chi connectivity index (χ3n) is 2.74. The van der Waals surface area contributed by atoms with Gasteiger partial charge in [0, 0.05) is 6.54 Å². The molecule has 3 nitrogen and oxygen atoms in total. The summed E-state index contributed by atoms with van der Waals surface area (Å²) < 4.78 is 36.5. The Morgan fingerprint density at radius 1 is 1.25 bits per heavy atom. The van der Waals surface area contributed by atoms with E-state index in [4.69, 9.17) is 0 Å². The summed E-state index contributed by atoms with van der Waals surface area (Å²) >= 11 is 0. The summed E-state index contributed by atoms with van der Waals surface area (Å²) in [4.78, 5) is 7.00. The number of nitrogens with one attached hydrogen (secondary N) is 1. The zero-order valence-electron chi connectivity index (χ0n) is 8.59. The van der Waals surface area contributed by atoms with E-state index < -0.39 is 11.9 Å². The highest BCUT2D eigenvalue weighted by molar-refractivity contribution is 5.31. The first-order chi connectivity index (χ1) is 7.55.